The van der Waals surface area contributed by atoms with Gasteiger partial charge in [0.05, 0.1) is 17.1 Å². The van der Waals surface area contributed by atoms with E-state index in [9.17, 15) is 8.78 Å². The lowest BCUT2D eigenvalue weighted by Gasteiger charge is -2.27. The van der Waals surface area contributed by atoms with Crippen molar-refractivity contribution in [2.24, 2.45) is 5.92 Å². The number of hydrogen-bond donors (Lipinski definition) is 2. The molecule has 3 nitrogen and oxygen atoms in total. The molecule has 6 rings (SSSR count). The summed E-state index contributed by atoms with van der Waals surface area (Å²) in [6.07, 6.45) is 4.48. The van der Waals surface area contributed by atoms with Crippen LogP contribution in [0.15, 0.2) is 42.5 Å². The fourth-order valence-electron chi connectivity index (χ4n) is 4.93. The first-order valence-corrected chi connectivity index (χ1v) is 10.6. The number of benzene rings is 3. The fraction of sp³-hybridized carbons (Fsp3) is 0.280. The molecule has 5 heteroatoms. The lowest BCUT2D eigenvalue weighted by Crippen LogP contribution is -2.23. The summed E-state index contributed by atoms with van der Waals surface area (Å²) in [5.41, 5.74) is 3.43. The van der Waals surface area contributed by atoms with Gasteiger partial charge in [0.2, 0.25) is 0 Å². The van der Waals surface area contributed by atoms with Crippen molar-refractivity contribution in [1.82, 2.24) is 9.97 Å². The maximum atomic E-state index is 14.0. The van der Waals surface area contributed by atoms with Crippen molar-refractivity contribution in [3.8, 4) is 5.75 Å². The second-order valence-electron chi connectivity index (χ2n) is 8.68. The minimum absolute atomic E-state index is 0.140. The Balaban J connectivity index is 1.66. The van der Waals surface area contributed by atoms with Gasteiger partial charge in [-0.1, -0.05) is 6.92 Å². The van der Waals surface area contributed by atoms with Crippen LogP contribution in [-0.4, -0.2) is 16.1 Å². The van der Waals surface area contributed by atoms with Gasteiger partial charge in [0, 0.05) is 32.6 Å². The van der Waals surface area contributed by atoms with Gasteiger partial charge in [-0.2, -0.15) is 0 Å². The molecule has 152 valence electrons. The molecule has 0 saturated heterocycles. The zero-order valence-electron chi connectivity index (χ0n) is 16.7. The van der Waals surface area contributed by atoms with Crippen molar-refractivity contribution in [3.63, 3.8) is 0 Å². The fourth-order valence-corrected chi connectivity index (χ4v) is 4.93. The van der Waals surface area contributed by atoms with Crippen molar-refractivity contribution in [2.45, 2.75) is 38.7 Å². The van der Waals surface area contributed by atoms with Gasteiger partial charge in [0.25, 0.3) is 0 Å². The standard InChI is InChI=1S/C25H22F2N2O/c1-13-2-6-16(7-3-13)30-25-23-19(17-10-14(26)4-8-21(17)28-23)12-20-18-11-15(27)5-9-22(18)29-24(20)25/h4-5,8-13,16,28-29H,2-3,6-7H2,1H3. The summed E-state index contributed by atoms with van der Waals surface area (Å²) in [4.78, 5) is 6.87. The molecule has 2 N–H and O–H groups in total. The molecule has 0 spiro atoms. The number of hydrogen-bond acceptors (Lipinski definition) is 1. The highest BCUT2D eigenvalue weighted by molar-refractivity contribution is 6.20. The average Bonchev–Trinajstić information content (AvgIpc) is 3.27. The zero-order valence-corrected chi connectivity index (χ0v) is 16.7. The Morgan fingerprint density at radius 1 is 0.733 bits per heavy atom. The number of fused-ring (bicyclic) bond motifs is 6. The summed E-state index contributed by atoms with van der Waals surface area (Å²) in [6.45, 7) is 2.29. The molecule has 0 bridgehead atoms. The molecule has 1 fully saturated rings. The predicted molar refractivity (Wildman–Crippen MR) is 117 cm³/mol. The third-order valence-corrected chi connectivity index (χ3v) is 6.59. The van der Waals surface area contributed by atoms with Gasteiger partial charge < -0.3 is 14.7 Å². The molecule has 3 aromatic carbocycles. The number of nitrogens with one attached hydrogen (secondary N) is 2. The molecular weight excluding hydrogens is 382 g/mol. The number of H-pyrrole nitrogens is 2. The average molecular weight is 404 g/mol. The molecule has 1 aliphatic rings. The van der Waals surface area contributed by atoms with Crippen molar-refractivity contribution in [2.75, 3.05) is 0 Å². The molecule has 1 aliphatic carbocycles. The Bertz CT molecular complexity index is 1330. The molecule has 0 atom stereocenters. The topological polar surface area (TPSA) is 40.8 Å². The van der Waals surface area contributed by atoms with Crippen molar-refractivity contribution >= 4 is 43.6 Å². The number of ether oxygens (including phenoxy) is 1. The van der Waals surface area contributed by atoms with Crippen LogP contribution in [0.2, 0.25) is 0 Å². The van der Waals surface area contributed by atoms with Crippen LogP contribution in [0.5, 0.6) is 5.75 Å². The molecule has 1 saturated carbocycles. The first kappa shape index (κ1) is 17.8. The summed E-state index contributed by atoms with van der Waals surface area (Å²) in [5.74, 6) is 0.914. The van der Waals surface area contributed by atoms with Gasteiger partial charge >= 0.3 is 0 Å². The number of halogens is 2. The van der Waals surface area contributed by atoms with E-state index in [2.05, 4.69) is 16.9 Å². The number of aromatic nitrogens is 2. The molecule has 30 heavy (non-hydrogen) atoms. The van der Waals surface area contributed by atoms with Gasteiger partial charge in [0.1, 0.15) is 11.6 Å². The Hall–Kier alpha value is -3.08. The van der Waals surface area contributed by atoms with Gasteiger partial charge in [-0.25, -0.2) is 8.78 Å². The Morgan fingerprint density at radius 2 is 1.27 bits per heavy atom. The van der Waals surface area contributed by atoms with E-state index in [1.54, 1.807) is 24.3 Å². The molecule has 0 amide bonds. The Labute approximate surface area is 172 Å². The smallest absolute Gasteiger partial charge is 0.167 e. The van der Waals surface area contributed by atoms with E-state index in [-0.39, 0.29) is 17.7 Å². The first-order valence-electron chi connectivity index (χ1n) is 10.6. The highest BCUT2D eigenvalue weighted by Crippen LogP contribution is 2.42. The van der Waals surface area contributed by atoms with Crippen LogP contribution in [0.25, 0.3) is 43.6 Å². The minimum Gasteiger partial charge on any atom is -0.486 e. The number of rotatable bonds is 2. The van der Waals surface area contributed by atoms with Gasteiger partial charge in [0.15, 0.2) is 5.75 Å². The SMILES string of the molecule is CC1CCC(Oc2c3[nH]c4ccc(F)cc4c3cc3c2[nH]c2ccc(F)cc23)CC1. The van der Waals surface area contributed by atoms with E-state index in [1.807, 2.05) is 6.07 Å². The summed E-state index contributed by atoms with van der Waals surface area (Å²) < 4.78 is 34.6. The van der Waals surface area contributed by atoms with Crippen LogP contribution in [-0.2, 0) is 0 Å². The van der Waals surface area contributed by atoms with E-state index in [0.29, 0.717) is 0 Å². The lowest BCUT2D eigenvalue weighted by atomic mass is 9.89. The van der Waals surface area contributed by atoms with Gasteiger partial charge in [-0.3, -0.25) is 0 Å². The van der Waals surface area contributed by atoms with E-state index in [4.69, 9.17) is 4.74 Å². The molecule has 2 aromatic heterocycles. The maximum Gasteiger partial charge on any atom is 0.167 e. The Kier molecular flexibility index (Phi) is 3.82. The van der Waals surface area contributed by atoms with E-state index < -0.39 is 0 Å². The van der Waals surface area contributed by atoms with Crippen LogP contribution in [0, 0.1) is 17.6 Å². The van der Waals surface area contributed by atoms with Crippen molar-refractivity contribution < 1.29 is 13.5 Å². The molecule has 0 unspecified atom stereocenters. The second kappa shape index (κ2) is 6.46. The van der Waals surface area contributed by atoms with E-state index in [0.717, 1.165) is 81.0 Å². The highest BCUT2D eigenvalue weighted by atomic mass is 19.1. The van der Waals surface area contributed by atoms with Crippen LogP contribution in [0.3, 0.4) is 0 Å². The quantitative estimate of drug-likeness (QED) is 0.321. The third-order valence-electron chi connectivity index (χ3n) is 6.59. The molecule has 0 aliphatic heterocycles. The molecular formula is C25H22F2N2O. The van der Waals surface area contributed by atoms with Gasteiger partial charge in [-0.15, -0.1) is 0 Å². The summed E-state index contributed by atoms with van der Waals surface area (Å²) in [5, 5.41) is 3.39. The normalized spacial score (nSPS) is 20.0. The predicted octanol–water partition coefficient (Wildman–Crippen LogP) is 7.19. The largest absolute Gasteiger partial charge is 0.486 e. The Morgan fingerprint density at radius 3 is 1.80 bits per heavy atom. The van der Waals surface area contributed by atoms with Crippen LogP contribution < -0.4 is 4.74 Å². The van der Waals surface area contributed by atoms with Crippen LogP contribution in [0.1, 0.15) is 32.6 Å². The summed E-state index contributed by atoms with van der Waals surface area (Å²) in [6, 6.07) is 11.5. The van der Waals surface area contributed by atoms with E-state index in [1.165, 1.54) is 12.1 Å². The summed E-state index contributed by atoms with van der Waals surface area (Å²) >= 11 is 0. The first-order chi connectivity index (χ1) is 14.6. The van der Waals surface area contributed by atoms with Crippen LogP contribution in [0.4, 0.5) is 8.78 Å². The van der Waals surface area contributed by atoms with Crippen molar-refractivity contribution in [1.29, 1.82) is 0 Å². The highest BCUT2D eigenvalue weighted by Gasteiger charge is 2.24. The molecule has 2 heterocycles. The van der Waals surface area contributed by atoms with Crippen LogP contribution >= 0.6 is 0 Å². The third kappa shape index (κ3) is 2.68. The lowest BCUT2D eigenvalue weighted by molar-refractivity contribution is 0.138. The monoisotopic (exact) mass is 404 g/mol. The summed E-state index contributed by atoms with van der Waals surface area (Å²) in [7, 11) is 0. The van der Waals surface area contributed by atoms with Gasteiger partial charge in [-0.05, 0) is 74.1 Å². The molecule has 0 radical (unpaired) electrons. The van der Waals surface area contributed by atoms with E-state index >= 15 is 0 Å². The minimum atomic E-state index is -0.280. The second-order valence-corrected chi connectivity index (χ2v) is 8.68. The molecule has 5 aromatic rings. The maximum absolute atomic E-state index is 14.0. The van der Waals surface area contributed by atoms with Crippen molar-refractivity contribution in [3.05, 3.63) is 54.1 Å². The number of aromatic amines is 2. The zero-order chi connectivity index (χ0) is 20.4.